The van der Waals surface area contributed by atoms with Crippen molar-refractivity contribution in [1.29, 1.82) is 0 Å². The molecule has 0 unspecified atom stereocenters. The molecule has 0 aromatic heterocycles. The molecule has 0 saturated carbocycles. The van der Waals surface area contributed by atoms with Gasteiger partial charge in [-0.15, -0.1) is 0 Å². The lowest BCUT2D eigenvalue weighted by Crippen LogP contribution is -2.06. The largest absolute Gasteiger partial charge is 0.508 e. The van der Waals surface area contributed by atoms with Crippen LogP contribution in [0, 0.1) is 0 Å². The van der Waals surface area contributed by atoms with Crippen molar-refractivity contribution in [2.75, 3.05) is 24.3 Å². The SMILES string of the molecule is Nc1ccc(OCCO)c(NCc2ccc(O)cc2)c1. The average molecular weight is 274 g/mol. The smallest absolute Gasteiger partial charge is 0.142 e. The van der Waals surface area contributed by atoms with Crippen LogP contribution in [0.15, 0.2) is 42.5 Å². The van der Waals surface area contributed by atoms with E-state index >= 15 is 0 Å². The Morgan fingerprint density at radius 3 is 2.55 bits per heavy atom. The van der Waals surface area contributed by atoms with E-state index in [1.54, 1.807) is 30.3 Å². The third-order valence-electron chi connectivity index (χ3n) is 2.77. The third-order valence-corrected chi connectivity index (χ3v) is 2.77. The Morgan fingerprint density at radius 2 is 1.85 bits per heavy atom. The van der Waals surface area contributed by atoms with E-state index in [1.165, 1.54) is 0 Å². The van der Waals surface area contributed by atoms with Gasteiger partial charge in [0, 0.05) is 12.2 Å². The Bertz CT molecular complexity index is 556. The minimum atomic E-state index is -0.0399. The zero-order valence-corrected chi connectivity index (χ0v) is 11.0. The van der Waals surface area contributed by atoms with Gasteiger partial charge in [-0.05, 0) is 35.9 Å². The van der Waals surface area contributed by atoms with E-state index in [-0.39, 0.29) is 19.0 Å². The topological polar surface area (TPSA) is 87.7 Å². The number of hydrogen-bond acceptors (Lipinski definition) is 5. The molecule has 0 radical (unpaired) electrons. The van der Waals surface area contributed by atoms with Crippen LogP contribution in [0.4, 0.5) is 11.4 Å². The van der Waals surface area contributed by atoms with E-state index in [9.17, 15) is 5.11 Å². The first-order valence-electron chi connectivity index (χ1n) is 6.34. The molecule has 5 N–H and O–H groups in total. The van der Waals surface area contributed by atoms with Gasteiger partial charge in [0.25, 0.3) is 0 Å². The minimum Gasteiger partial charge on any atom is -0.508 e. The summed E-state index contributed by atoms with van der Waals surface area (Å²) in [6, 6.07) is 12.3. The molecule has 0 aliphatic carbocycles. The number of aliphatic hydroxyl groups is 1. The molecule has 2 aromatic rings. The van der Waals surface area contributed by atoms with E-state index in [0.29, 0.717) is 18.0 Å². The molecule has 0 heterocycles. The summed E-state index contributed by atoms with van der Waals surface area (Å²) < 4.78 is 5.44. The van der Waals surface area contributed by atoms with Crippen molar-refractivity contribution in [3.8, 4) is 11.5 Å². The summed E-state index contributed by atoms with van der Waals surface area (Å²) >= 11 is 0. The third kappa shape index (κ3) is 3.80. The highest BCUT2D eigenvalue weighted by molar-refractivity contribution is 5.63. The zero-order valence-electron chi connectivity index (χ0n) is 11.0. The van der Waals surface area contributed by atoms with Crippen molar-refractivity contribution in [3.05, 3.63) is 48.0 Å². The highest BCUT2D eigenvalue weighted by Crippen LogP contribution is 2.27. The maximum atomic E-state index is 9.24. The number of nitrogens with one attached hydrogen (secondary N) is 1. The highest BCUT2D eigenvalue weighted by atomic mass is 16.5. The van der Waals surface area contributed by atoms with E-state index in [1.807, 2.05) is 12.1 Å². The second kappa shape index (κ2) is 6.68. The molecule has 20 heavy (non-hydrogen) atoms. The van der Waals surface area contributed by atoms with Crippen LogP contribution in [0.1, 0.15) is 5.56 Å². The van der Waals surface area contributed by atoms with Crippen LogP contribution in [0.25, 0.3) is 0 Å². The molecule has 5 heteroatoms. The molecule has 0 spiro atoms. The Labute approximate surface area is 117 Å². The van der Waals surface area contributed by atoms with Crippen molar-refractivity contribution in [2.24, 2.45) is 0 Å². The first-order valence-corrected chi connectivity index (χ1v) is 6.34. The number of anilines is 2. The van der Waals surface area contributed by atoms with Crippen LogP contribution in [0.3, 0.4) is 0 Å². The number of phenolic OH excluding ortho intramolecular Hbond substituents is 1. The summed E-state index contributed by atoms with van der Waals surface area (Å²) in [5.41, 5.74) is 8.20. The molecule has 5 nitrogen and oxygen atoms in total. The summed E-state index contributed by atoms with van der Waals surface area (Å²) in [5.74, 6) is 0.886. The lowest BCUT2D eigenvalue weighted by molar-refractivity contribution is 0.202. The maximum absolute atomic E-state index is 9.24. The summed E-state index contributed by atoms with van der Waals surface area (Å²) in [6.07, 6.45) is 0. The van der Waals surface area contributed by atoms with Gasteiger partial charge < -0.3 is 26.0 Å². The zero-order chi connectivity index (χ0) is 14.4. The molecular formula is C15H18N2O3. The molecule has 106 valence electrons. The summed E-state index contributed by atoms with van der Waals surface area (Å²) in [4.78, 5) is 0. The predicted molar refractivity (Wildman–Crippen MR) is 78.9 cm³/mol. The minimum absolute atomic E-state index is 0.0399. The predicted octanol–water partition coefficient (Wildman–Crippen LogP) is 1.96. The number of hydrogen-bond donors (Lipinski definition) is 4. The number of benzene rings is 2. The van der Waals surface area contributed by atoms with Crippen LogP contribution >= 0.6 is 0 Å². The molecule has 0 aliphatic heterocycles. The van der Waals surface area contributed by atoms with Gasteiger partial charge in [0.15, 0.2) is 0 Å². The van der Waals surface area contributed by atoms with Gasteiger partial charge >= 0.3 is 0 Å². The Morgan fingerprint density at radius 1 is 1.10 bits per heavy atom. The second-order valence-electron chi connectivity index (χ2n) is 4.35. The Hall–Kier alpha value is -2.40. The summed E-state index contributed by atoms with van der Waals surface area (Å²) in [6.45, 7) is 0.777. The number of phenols is 1. The first kappa shape index (κ1) is 14.0. The number of ether oxygens (including phenoxy) is 1. The lowest BCUT2D eigenvalue weighted by atomic mass is 10.2. The van der Waals surface area contributed by atoms with Crippen molar-refractivity contribution < 1.29 is 14.9 Å². The van der Waals surface area contributed by atoms with Crippen molar-refractivity contribution in [1.82, 2.24) is 0 Å². The van der Waals surface area contributed by atoms with E-state index in [0.717, 1.165) is 11.3 Å². The average Bonchev–Trinajstić information content (AvgIpc) is 2.46. The van der Waals surface area contributed by atoms with Crippen LogP contribution in [0.2, 0.25) is 0 Å². The molecule has 0 aliphatic rings. The van der Waals surface area contributed by atoms with Gasteiger partial charge in [0.1, 0.15) is 18.1 Å². The van der Waals surface area contributed by atoms with E-state index in [4.69, 9.17) is 15.6 Å². The van der Waals surface area contributed by atoms with Crippen molar-refractivity contribution in [3.63, 3.8) is 0 Å². The van der Waals surface area contributed by atoms with Gasteiger partial charge in [-0.3, -0.25) is 0 Å². The fourth-order valence-corrected chi connectivity index (χ4v) is 1.78. The van der Waals surface area contributed by atoms with Gasteiger partial charge in [0.05, 0.1) is 12.3 Å². The van der Waals surface area contributed by atoms with E-state index in [2.05, 4.69) is 5.32 Å². The number of aromatic hydroxyl groups is 1. The normalized spacial score (nSPS) is 10.2. The molecular weight excluding hydrogens is 256 g/mol. The molecule has 2 aromatic carbocycles. The summed E-state index contributed by atoms with van der Waals surface area (Å²) in [7, 11) is 0. The van der Waals surface area contributed by atoms with Crippen LogP contribution in [0.5, 0.6) is 11.5 Å². The fraction of sp³-hybridized carbons (Fsp3) is 0.200. The van der Waals surface area contributed by atoms with Gasteiger partial charge in [-0.2, -0.15) is 0 Å². The van der Waals surface area contributed by atoms with Gasteiger partial charge in [-0.1, -0.05) is 12.1 Å². The number of nitrogens with two attached hydrogens (primary N) is 1. The lowest BCUT2D eigenvalue weighted by Gasteiger charge is -2.13. The Balaban J connectivity index is 2.07. The van der Waals surface area contributed by atoms with Crippen LogP contribution in [-0.4, -0.2) is 23.4 Å². The van der Waals surface area contributed by atoms with Gasteiger partial charge in [-0.25, -0.2) is 0 Å². The van der Waals surface area contributed by atoms with Crippen LogP contribution in [-0.2, 0) is 6.54 Å². The molecule has 0 atom stereocenters. The number of rotatable bonds is 6. The standard InChI is InChI=1S/C15H18N2O3/c16-12-3-6-15(20-8-7-18)14(9-12)17-10-11-1-4-13(19)5-2-11/h1-6,9,17-19H,7-8,10,16H2. The number of nitrogen functional groups attached to an aromatic ring is 1. The van der Waals surface area contributed by atoms with Crippen LogP contribution < -0.4 is 15.8 Å². The molecule has 2 rings (SSSR count). The molecule has 0 bridgehead atoms. The first-order chi connectivity index (χ1) is 9.69. The molecule has 0 amide bonds. The van der Waals surface area contributed by atoms with Crippen molar-refractivity contribution in [2.45, 2.75) is 6.54 Å². The quantitative estimate of drug-likeness (QED) is 0.605. The maximum Gasteiger partial charge on any atom is 0.142 e. The van der Waals surface area contributed by atoms with Gasteiger partial charge in [0.2, 0.25) is 0 Å². The van der Waals surface area contributed by atoms with E-state index < -0.39 is 0 Å². The molecule has 0 saturated heterocycles. The highest BCUT2D eigenvalue weighted by Gasteiger charge is 2.04. The second-order valence-corrected chi connectivity index (χ2v) is 4.35. The fourth-order valence-electron chi connectivity index (χ4n) is 1.78. The molecule has 0 fully saturated rings. The summed E-state index contributed by atoms with van der Waals surface area (Å²) in [5, 5.41) is 21.3. The monoisotopic (exact) mass is 274 g/mol. The number of aliphatic hydroxyl groups excluding tert-OH is 1. The Kier molecular flexibility index (Phi) is 4.68. The van der Waals surface area contributed by atoms with Crippen molar-refractivity contribution >= 4 is 11.4 Å².